The molecule has 1 aliphatic carbocycles. The number of rotatable bonds is 8. The van der Waals surface area contributed by atoms with E-state index in [0.717, 1.165) is 57.0 Å². The molecular formula is C20H30FN3O. The number of nitrogens with one attached hydrogen (secondary N) is 1. The van der Waals surface area contributed by atoms with E-state index in [9.17, 15) is 9.18 Å². The molecule has 1 heterocycles. The van der Waals surface area contributed by atoms with Gasteiger partial charge in [0.15, 0.2) is 0 Å². The molecule has 25 heavy (non-hydrogen) atoms. The van der Waals surface area contributed by atoms with Gasteiger partial charge >= 0.3 is 0 Å². The zero-order chi connectivity index (χ0) is 17.6. The Morgan fingerprint density at radius 3 is 2.68 bits per heavy atom. The minimum absolute atomic E-state index is 0.0604. The van der Waals surface area contributed by atoms with Crippen LogP contribution in [0.4, 0.5) is 4.39 Å². The number of carbonyl (C=O) groups is 1. The zero-order valence-electron chi connectivity index (χ0n) is 15.2. The van der Waals surface area contributed by atoms with Gasteiger partial charge in [-0.2, -0.15) is 0 Å². The maximum Gasteiger partial charge on any atom is 0.237 e. The van der Waals surface area contributed by atoms with Gasteiger partial charge in [-0.15, -0.1) is 0 Å². The number of amides is 1. The van der Waals surface area contributed by atoms with Crippen LogP contribution in [0.3, 0.4) is 0 Å². The van der Waals surface area contributed by atoms with Crippen LogP contribution >= 0.6 is 0 Å². The number of hydrogen-bond donors (Lipinski definition) is 1. The van der Waals surface area contributed by atoms with Crippen molar-refractivity contribution in [3.63, 3.8) is 0 Å². The summed E-state index contributed by atoms with van der Waals surface area (Å²) in [5, 5.41) is 3.14. The predicted molar refractivity (Wildman–Crippen MR) is 97.7 cm³/mol. The lowest BCUT2D eigenvalue weighted by Gasteiger charge is -2.35. The van der Waals surface area contributed by atoms with Crippen LogP contribution in [0, 0.1) is 5.82 Å². The van der Waals surface area contributed by atoms with Crippen LogP contribution in [0.5, 0.6) is 0 Å². The minimum Gasteiger partial charge on any atom is -0.353 e. The Balaban J connectivity index is 1.50. The predicted octanol–water partition coefficient (Wildman–Crippen LogP) is 2.78. The average molecular weight is 347 g/mol. The van der Waals surface area contributed by atoms with E-state index in [-0.39, 0.29) is 17.8 Å². The van der Waals surface area contributed by atoms with Gasteiger partial charge in [0.1, 0.15) is 5.82 Å². The molecule has 3 rings (SSSR count). The number of likely N-dealkylation sites (tertiary alicyclic amines) is 1. The lowest BCUT2D eigenvalue weighted by molar-refractivity contribution is -0.128. The molecule has 1 aromatic rings. The largest absolute Gasteiger partial charge is 0.353 e. The molecule has 138 valence electrons. The lowest BCUT2D eigenvalue weighted by atomic mass is 10.0. The topological polar surface area (TPSA) is 35.6 Å². The van der Waals surface area contributed by atoms with E-state index >= 15 is 0 Å². The third-order valence-electron chi connectivity index (χ3n) is 5.38. The summed E-state index contributed by atoms with van der Waals surface area (Å²) in [6, 6.07) is 7.29. The van der Waals surface area contributed by atoms with Crippen molar-refractivity contribution in [2.75, 3.05) is 26.2 Å². The van der Waals surface area contributed by atoms with Crippen molar-refractivity contribution in [3.05, 3.63) is 35.6 Å². The van der Waals surface area contributed by atoms with E-state index in [2.05, 4.69) is 22.0 Å². The molecule has 1 N–H and O–H groups in total. The fourth-order valence-electron chi connectivity index (χ4n) is 3.78. The van der Waals surface area contributed by atoms with E-state index < -0.39 is 0 Å². The minimum atomic E-state index is -0.215. The molecule has 1 saturated heterocycles. The van der Waals surface area contributed by atoms with Gasteiger partial charge in [-0.1, -0.05) is 25.5 Å². The quantitative estimate of drug-likeness (QED) is 0.785. The summed E-state index contributed by atoms with van der Waals surface area (Å²) in [6.45, 7) is 6.55. The second-order valence-corrected chi connectivity index (χ2v) is 7.26. The maximum atomic E-state index is 13.1. The Bertz CT molecular complexity index is 559. The fourth-order valence-corrected chi connectivity index (χ4v) is 3.78. The van der Waals surface area contributed by atoms with Crippen molar-refractivity contribution in [1.29, 1.82) is 0 Å². The van der Waals surface area contributed by atoms with Gasteiger partial charge in [0.2, 0.25) is 5.91 Å². The molecule has 1 amide bonds. The van der Waals surface area contributed by atoms with E-state index in [0.29, 0.717) is 6.54 Å². The molecule has 1 aliphatic heterocycles. The number of halogens is 1. The second-order valence-electron chi connectivity index (χ2n) is 7.26. The first kappa shape index (κ1) is 18.3. The molecule has 0 aromatic heterocycles. The van der Waals surface area contributed by atoms with Gasteiger partial charge < -0.3 is 5.32 Å². The van der Waals surface area contributed by atoms with Crippen molar-refractivity contribution >= 4 is 5.91 Å². The molecule has 1 atom stereocenters. The van der Waals surface area contributed by atoms with Crippen molar-refractivity contribution in [1.82, 2.24) is 15.1 Å². The first-order chi connectivity index (χ1) is 12.2. The molecule has 4 nitrogen and oxygen atoms in total. The van der Waals surface area contributed by atoms with Gasteiger partial charge in [-0.25, -0.2) is 4.39 Å². The normalized spacial score (nSPS) is 21.5. The molecule has 2 aliphatic rings. The van der Waals surface area contributed by atoms with Crippen molar-refractivity contribution < 1.29 is 9.18 Å². The SMILES string of the molecule is CCN(CCNC(=O)C1CCCCN1Cc1ccc(F)cc1)C1CC1. The maximum absolute atomic E-state index is 13.1. The third kappa shape index (κ3) is 5.25. The highest BCUT2D eigenvalue weighted by Crippen LogP contribution is 2.26. The van der Waals surface area contributed by atoms with E-state index in [1.54, 1.807) is 0 Å². The first-order valence-corrected chi connectivity index (χ1v) is 9.67. The van der Waals surface area contributed by atoms with Gasteiger partial charge in [-0.3, -0.25) is 14.6 Å². The lowest BCUT2D eigenvalue weighted by Crippen LogP contribution is -2.50. The molecule has 1 saturated carbocycles. The Labute approximate surface area is 150 Å². The highest BCUT2D eigenvalue weighted by atomic mass is 19.1. The monoisotopic (exact) mass is 347 g/mol. The number of carbonyl (C=O) groups excluding carboxylic acids is 1. The Hall–Kier alpha value is -1.46. The van der Waals surface area contributed by atoms with Crippen LogP contribution in [-0.2, 0) is 11.3 Å². The smallest absolute Gasteiger partial charge is 0.237 e. The Morgan fingerprint density at radius 2 is 2.00 bits per heavy atom. The van der Waals surface area contributed by atoms with Crippen LogP contribution in [-0.4, -0.2) is 54.0 Å². The van der Waals surface area contributed by atoms with Crippen LogP contribution in [0.1, 0.15) is 44.6 Å². The number of hydrogen-bond acceptors (Lipinski definition) is 3. The van der Waals surface area contributed by atoms with Gasteiger partial charge in [0, 0.05) is 25.7 Å². The van der Waals surface area contributed by atoms with Crippen molar-refractivity contribution in [2.45, 2.75) is 57.7 Å². The summed E-state index contributed by atoms with van der Waals surface area (Å²) >= 11 is 0. The van der Waals surface area contributed by atoms with Crippen LogP contribution < -0.4 is 5.32 Å². The highest BCUT2D eigenvalue weighted by Gasteiger charge is 2.30. The third-order valence-corrected chi connectivity index (χ3v) is 5.38. The van der Waals surface area contributed by atoms with Crippen molar-refractivity contribution in [2.24, 2.45) is 0 Å². The molecule has 2 fully saturated rings. The number of piperidine rings is 1. The summed E-state index contributed by atoms with van der Waals surface area (Å²) < 4.78 is 13.1. The summed E-state index contributed by atoms with van der Waals surface area (Å²) in [4.78, 5) is 17.4. The standard InChI is InChI=1S/C20H30FN3O/c1-2-23(18-10-11-18)14-12-22-20(25)19-5-3-4-13-24(19)15-16-6-8-17(21)9-7-16/h6-9,18-19H,2-5,10-15H2,1H3,(H,22,25). The van der Waals surface area contributed by atoms with Crippen LogP contribution in [0.2, 0.25) is 0 Å². The number of likely N-dealkylation sites (N-methyl/N-ethyl adjacent to an activating group) is 1. The Kier molecular flexibility index (Phi) is 6.43. The molecule has 1 unspecified atom stereocenters. The number of nitrogens with zero attached hydrogens (tertiary/aromatic N) is 2. The zero-order valence-corrected chi connectivity index (χ0v) is 15.2. The van der Waals surface area contributed by atoms with Gasteiger partial charge in [0.25, 0.3) is 0 Å². The fraction of sp³-hybridized carbons (Fsp3) is 0.650. The van der Waals surface area contributed by atoms with Crippen LogP contribution in [0.15, 0.2) is 24.3 Å². The number of benzene rings is 1. The highest BCUT2D eigenvalue weighted by molar-refractivity contribution is 5.81. The van der Waals surface area contributed by atoms with Crippen LogP contribution in [0.25, 0.3) is 0 Å². The summed E-state index contributed by atoms with van der Waals surface area (Å²) in [7, 11) is 0. The van der Waals surface area contributed by atoms with E-state index in [1.807, 2.05) is 12.1 Å². The molecule has 0 spiro atoms. The summed E-state index contributed by atoms with van der Waals surface area (Å²) in [5.74, 6) is -0.0681. The van der Waals surface area contributed by atoms with Gasteiger partial charge in [0.05, 0.1) is 6.04 Å². The van der Waals surface area contributed by atoms with Crippen molar-refractivity contribution in [3.8, 4) is 0 Å². The molecule has 0 bridgehead atoms. The average Bonchev–Trinajstić information content (AvgIpc) is 3.46. The summed E-state index contributed by atoms with van der Waals surface area (Å²) in [5.41, 5.74) is 1.06. The van der Waals surface area contributed by atoms with E-state index in [1.165, 1.54) is 25.0 Å². The molecule has 1 aromatic carbocycles. The second kappa shape index (κ2) is 8.77. The Morgan fingerprint density at radius 1 is 1.24 bits per heavy atom. The summed E-state index contributed by atoms with van der Waals surface area (Å²) in [6.07, 6.45) is 5.73. The molecule has 0 radical (unpaired) electrons. The molecular weight excluding hydrogens is 317 g/mol. The first-order valence-electron chi connectivity index (χ1n) is 9.67. The molecule has 5 heteroatoms. The van der Waals surface area contributed by atoms with E-state index in [4.69, 9.17) is 0 Å². The van der Waals surface area contributed by atoms with Gasteiger partial charge in [-0.05, 0) is 56.5 Å².